The third-order valence-electron chi connectivity index (χ3n) is 4.20. The fourth-order valence-electron chi connectivity index (χ4n) is 2.73. The molecule has 8 nitrogen and oxygen atoms in total. The van der Waals surface area contributed by atoms with Gasteiger partial charge in [-0.1, -0.05) is 12.1 Å². The van der Waals surface area contributed by atoms with Crippen LogP contribution >= 0.6 is 24.0 Å². The van der Waals surface area contributed by atoms with E-state index in [1.54, 1.807) is 19.2 Å². The van der Waals surface area contributed by atoms with Gasteiger partial charge >= 0.3 is 0 Å². The molecule has 0 saturated heterocycles. The number of nitrogens with zero attached hydrogens (tertiary/aromatic N) is 2. The van der Waals surface area contributed by atoms with Crippen molar-refractivity contribution in [1.82, 2.24) is 10.6 Å². The first-order valence-corrected chi connectivity index (χ1v) is 8.53. The maximum Gasteiger partial charge on any atom is 0.269 e. The maximum absolute atomic E-state index is 10.7. The molecule has 0 bridgehead atoms. The molecule has 1 aliphatic rings. The summed E-state index contributed by atoms with van der Waals surface area (Å²) in [7, 11) is 1.64. The Bertz CT molecular complexity index is 575. The van der Waals surface area contributed by atoms with Gasteiger partial charge in [-0.15, -0.1) is 24.0 Å². The smallest absolute Gasteiger partial charge is 0.269 e. The van der Waals surface area contributed by atoms with Crippen LogP contribution in [0.4, 0.5) is 5.69 Å². The van der Waals surface area contributed by atoms with Crippen LogP contribution in [0.1, 0.15) is 31.2 Å². The molecule has 1 aliphatic carbocycles. The lowest BCUT2D eigenvalue weighted by molar-refractivity contribution is -0.384. The largest absolute Gasteiger partial charge is 0.393 e. The van der Waals surface area contributed by atoms with E-state index >= 15 is 0 Å². The molecule has 2 rings (SSSR count). The number of rotatable bonds is 7. The van der Waals surface area contributed by atoms with Crippen molar-refractivity contribution in [1.29, 1.82) is 0 Å². The molecule has 1 aromatic rings. The van der Waals surface area contributed by atoms with Gasteiger partial charge < -0.3 is 20.5 Å². The number of non-ortho nitro benzene ring substituents is 1. The van der Waals surface area contributed by atoms with Crippen molar-refractivity contribution in [3.63, 3.8) is 0 Å². The standard InChI is InChI=1S/C17H26N4O4.HI/c1-25-11-10-18-17(20-14-4-8-16(22)9-5-14)19-12-13-2-6-15(7-3-13)21(23)24;/h2-3,6-7,14,16,22H,4-5,8-12H2,1H3,(H2,18,19,20);1H. The zero-order valence-electron chi connectivity index (χ0n) is 14.9. The highest BCUT2D eigenvalue weighted by Gasteiger charge is 2.20. The second-order valence-corrected chi connectivity index (χ2v) is 6.16. The summed E-state index contributed by atoms with van der Waals surface area (Å²) in [6.45, 7) is 1.63. The van der Waals surface area contributed by atoms with Crippen LogP contribution in [0.25, 0.3) is 0 Å². The molecule has 0 heterocycles. The van der Waals surface area contributed by atoms with Gasteiger partial charge in [-0.2, -0.15) is 0 Å². The van der Waals surface area contributed by atoms with E-state index in [2.05, 4.69) is 15.6 Å². The van der Waals surface area contributed by atoms with Gasteiger partial charge in [-0.25, -0.2) is 4.99 Å². The van der Waals surface area contributed by atoms with Crippen molar-refractivity contribution < 1.29 is 14.8 Å². The Labute approximate surface area is 170 Å². The average Bonchev–Trinajstić information content (AvgIpc) is 2.62. The molecule has 0 atom stereocenters. The number of hydrogen-bond acceptors (Lipinski definition) is 5. The van der Waals surface area contributed by atoms with Crippen LogP contribution in [-0.4, -0.2) is 48.4 Å². The minimum Gasteiger partial charge on any atom is -0.393 e. The third-order valence-corrected chi connectivity index (χ3v) is 4.20. The fraction of sp³-hybridized carbons (Fsp3) is 0.588. The summed E-state index contributed by atoms with van der Waals surface area (Å²) >= 11 is 0. The Morgan fingerprint density at radius 2 is 1.96 bits per heavy atom. The number of halogens is 1. The quantitative estimate of drug-likeness (QED) is 0.139. The summed E-state index contributed by atoms with van der Waals surface area (Å²) < 4.78 is 5.05. The first-order valence-electron chi connectivity index (χ1n) is 8.53. The molecule has 0 aliphatic heterocycles. The fourth-order valence-corrected chi connectivity index (χ4v) is 2.73. The molecule has 0 radical (unpaired) electrons. The number of aliphatic imine (C=N–C) groups is 1. The highest BCUT2D eigenvalue weighted by molar-refractivity contribution is 14.0. The number of aliphatic hydroxyl groups is 1. The van der Waals surface area contributed by atoms with E-state index in [9.17, 15) is 15.2 Å². The van der Waals surface area contributed by atoms with Gasteiger partial charge in [0.25, 0.3) is 5.69 Å². The number of nitro benzene ring substituents is 1. The Balaban J connectivity index is 0.00000338. The number of methoxy groups -OCH3 is 1. The van der Waals surface area contributed by atoms with Crippen molar-refractivity contribution in [2.24, 2.45) is 4.99 Å². The van der Waals surface area contributed by atoms with Gasteiger partial charge in [-0.3, -0.25) is 10.1 Å². The number of nitrogens with one attached hydrogen (secondary N) is 2. The first-order chi connectivity index (χ1) is 12.1. The molecule has 0 unspecified atom stereocenters. The lowest BCUT2D eigenvalue weighted by Gasteiger charge is -2.27. The lowest BCUT2D eigenvalue weighted by Crippen LogP contribution is -2.46. The van der Waals surface area contributed by atoms with Gasteiger partial charge in [0.05, 0.1) is 24.2 Å². The minimum atomic E-state index is -0.413. The van der Waals surface area contributed by atoms with E-state index in [-0.39, 0.29) is 41.8 Å². The van der Waals surface area contributed by atoms with Crippen LogP contribution < -0.4 is 10.6 Å². The number of ether oxygens (including phenoxy) is 1. The van der Waals surface area contributed by atoms with Gasteiger partial charge in [0.2, 0.25) is 0 Å². The second kappa shape index (κ2) is 12.0. The summed E-state index contributed by atoms with van der Waals surface area (Å²) in [6.07, 6.45) is 3.21. The predicted molar refractivity (Wildman–Crippen MR) is 111 cm³/mol. The maximum atomic E-state index is 10.7. The van der Waals surface area contributed by atoms with E-state index in [0.29, 0.717) is 25.7 Å². The molecule has 1 saturated carbocycles. The van der Waals surface area contributed by atoms with Gasteiger partial charge in [0.1, 0.15) is 0 Å². The van der Waals surface area contributed by atoms with Crippen molar-refractivity contribution in [3.8, 4) is 0 Å². The zero-order valence-corrected chi connectivity index (χ0v) is 17.2. The highest BCUT2D eigenvalue weighted by atomic mass is 127. The van der Waals surface area contributed by atoms with Crippen molar-refractivity contribution in [2.45, 2.75) is 44.4 Å². The second-order valence-electron chi connectivity index (χ2n) is 6.16. The van der Waals surface area contributed by atoms with Gasteiger partial charge in [-0.05, 0) is 31.2 Å². The summed E-state index contributed by atoms with van der Waals surface area (Å²) in [5.74, 6) is 0.691. The van der Waals surface area contributed by atoms with Crippen molar-refractivity contribution in [2.75, 3.05) is 20.3 Å². The third kappa shape index (κ3) is 7.83. The first kappa shape index (κ1) is 22.6. The number of guanidine groups is 1. The number of nitro groups is 1. The highest BCUT2D eigenvalue weighted by Crippen LogP contribution is 2.18. The summed E-state index contributed by atoms with van der Waals surface area (Å²) in [5.41, 5.74) is 0.975. The van der Waals surface area contributed by atoms with Crippen LogP contribution in [0.2, 0.25) is 0 Å². The van der Waals surface area contributed by atoms with E-state index in [4.69, 9.17) is 4.74 Å². The average molecular weight is 478 g/mol. The van der Waals surface area contributed by atoms with Crippen molar-refractivity contribution in [3.05, 3.63) is 39.9 Å². The van der Waals surface area contributed by atoms with E-state index in [1.807, 2.05) is 0 Å². The predicted octanol–water partition coefficient (Wildman–Crippen LogP) is 2.20. The molecule has 0 aromatic heterocycles. The zero-order chi connectivity index (χ0) is 18.1. The van der Waals surface area contributed by atoms with Gasteiger partial charge in [0.15, 0.2) is 5.96 Å². The SMILES string of the molecule is COCCNC(=NCc1ccc([N+](=O)[O-])cc1)NC1CCC(O)CC1.I. The summed E-state index contributed by atoms with van der Waals surface area (Å²) in [5, 5.41) is 26.9. The van der Waals surface area contributed by atoms with Crippen LogP contribution in [-0.2, 0) is 11.3 Å². The molecule has 3 N–H and O–H groups in total. The summed E-state index contributed by atoms with van der Waals surface area (Å²) in [4.78, 5) is 14.8. The molecule has 0 spiro atoms. The molecular weight excluding hydrogens is 451 g/mol. The van der Waals surface area contributed by atoms with E-state index in [1.165, 1.54) is 12.1 Å². The molecule has 146 valence electrons. The van der Waals surface area contributed by atoms with Gasteiger partial charge in [0, 0.05) is 31.8 Å². The van der Waals surface area contributed by atoms with Crippen molar-refractivity contribution >= 4 is 35.6 Å². The van der Waals surface area contributed by atoms with Crippen LogP contribution in [0.3, 0.4) is 0 Å². The summed E-state index contributed by atoms with van der Waals surface area (Å²) in [6, 6.07) is 6.68. The van der Waals surface area contributed by atoms with E-state index in [0.717, 1.165) is 31.2 Å². The molecule has 9 heteroatoms. The monoisotopic (exact) mass is 478 g/mol. The number of hydrogen-bond donors (Lipinski definition) is 3. The molecule has 1 fully saturated rings. The normalized spacial score (nSPS) is 20.2. The van der Waals surface area contributed by atoms with Crippen LogP contribution in [0.5, 0.6) is 0 Å². The Hall–Kier alpha value is -1.46. The molecule has 1 aromatic carbocycles. The topological polar surface area (TPSA) is 109 Å². The van der Waals surface area contributed by atoms with Crippen LogP contribution in [0.15, 0.2) is 29.3 Å². The Morgan fingerprint density at radius 1 is 1.31 bits per heavy atom. The molecule has 26 heavy (non-hydrogen) atoms. The minimum absolute atomic E-state index is 0. The number of aliphatic hydroxyl groups excluding tert-OH is 1. The number of benzene rings is 1. The molecule has 0 amide bonds. The van der Waals surface area contributed by atoms with E-state index < -0.39 is 4.92 Å². The Kier molecular flexibility index (Phi) is 10.4. The molecular formula is C17H27IN4O4. The Morgan fingerprint density at radius 3 is 2.54 bits per heavy atom. The van der Waals surface area contributed by atoms with Crippen LogP contribution in [0, 0.1) is 10.1 Å². The lowest BCUT2D eigenvalue weighted by atomic mass is 9.93.